The van der Waals surface area contributed by atoms with Crippen LogP contribution in [0, 0.1) is 23.5 Å². The summed E-state index contributed by atoms with van der Waals surface area (Å²) in [5, 5.41) is 0. The summed E-state index contributed by atoms with van der Waals surface area (Å²) < 4.78 is 39.5. The Balaban J connectivity index is 2.03. The van der Waals surface area contributed by atoms with Crippen molar-refractivity contribution in [3.8, 4) is 0 Å². The van der Waals surface area contributed by atoms with E-state index in [0.29, 0.717) is 18.5 Å². The van der Waals surface area contributed by atoms with Gasteiger partial charge in [-0.1, -0.05) is 0 Å². The van der Waals surface area contributed by atoms with E-state index in [9.17, 15) is 13.2 Å². The molecule has 106 valence electrons. The first-order valence-corrected chi connectivity index (χ1v) is 6.38. The zero-order valence-electron chi connectivity index (χ0n) is 11.2. The molecule has 1 saturated heterocycles. The SMILES string of the molecule is CN1CCC(CN(C)c2nc(F)c(F)cc2F)CC1. The Labute approximate surface area is 111 Å². The Morgan fingerprint density at radius 3 is 2.53 bits per heavy atom. The average molecular weight is 273 g/mol. The molecule has 0 spiro atoms. The van der Waals surface area contributed by atoms with Crippen LogP contribution < -0.4 is 4.90 Å². The summed E-state index contributed by atoms with van der Waals surface area (Å²) in [7, 11) is 3.72. The van der Waals surface area contributed by atoms with Crippen molar-refractivity contribution in [2.75, 3.05) is 38.6 Å². The monoisotopic (exact) mass is 273 g/mol. The first-order valence-electron chi connectivity index (χ1n) is 6.38. The highest BCUT2D eigenvalue weighted by Crippen LogP contribution is 2.22. The number of rotatable bonds is 3. The van der Waals surface area contributed by atoms with E-state index >= 15 is 0 Å². The van der Waals surface area contributed by atoms with Crippen LogP contribution in [-0.4, -0.2) is 43.6 Å². The van der Waals surface area contributed by atoms with Gasteiger partial charge in [-0.3, -0.25) is 0 Å². The van der Waals surface area contributed by atoms with Gasteiger partial charge in [0.2, 0.25) is 0 Å². The molecule has 0 saturated carbocycles. The van der Waals surface area contributed by atoms with E-state index in [4.69, 9.17) is 0 Å². The summed E-state index contributed by atoms with van der Waals surface area (Å²) in [4.78, 5) is 7.16. The fourth-order valence-electron chi connectivity index (χ4n) is 2.42. The highest BCUT2D eigenvalue weighted by molar-refractivity contribution is 5.39. The molecule has 0 bridgehead atoms. The molecule has 1 aromatic rings. The van der Waals surface area contributed by atoms with E-state index in [0.717, 1.165) is 25.9 Å². The van der Waals surface area contributed by atoms with Crippen molar-refractivity contribution in [2.24, 2.45) is 5.92 Å². The third-order valence-corrected chi connectivity index (χ3v) is 3.60. The fourth-order valence-corrected chi connectivity index (χ4v) is 2.42. The van der Waals surface area contributed by atoms with Crippen LogP contribution in [0.3, 0.4) is 0 Å². The van der Waals surface area contributed by atoms with E-state index in [1.54, 1.807) is 11.9 Å². The molecule has 0 amide bonds. The molecule has 1 aromatic heterocycles. The Morgan fingerprint density at radius 1 is 1.26 bits per heavy atom. The zero-order chi connectivity index (χ0) is 14.0. The summed E-state index contributed by atoms with van der Waals surface area (Å²) in [6.45, 7) is 2.61. The molecule has 0 aliphatic carbocycles. The van der Waals surface area contributed by atoms with Gasteiger partial charge >= 0.3 is 0 Å². The molecule has 2 heterocycles. The molecule has 1 aliphatic heterocycles. The number of pyridine rings is 1. The van der Waals surface area contributed by atoms with Gasteiger partial charge in [0.15, 0.2) is 17.5 Å². The minimum Gasteiger partial charge on any atom is -0.357 e. The summed E-state index contributed by atoms with van der Waals surface area (Å²) in [5.74, 6) is -3.04. The van der Waals surface area contributed by atoms with Crippen LogP contribution >= 0.6 is 0 Å². The molecule has 0 aromatic carbocycles. The van der Waals surface area contributed by atoms with Gasteiger partial charge in [-0.2, -0.15) is 9.37 Å². The van der Waals surface area contributed by atoms with Gasteiger partial charge in [0, 0.05) is 19.7 Å². The lowest BCUT2D eigenvalue weighted by Gasteiger charge is -2.32. The summed E-state index contributed by atoms with van der Waals surface area (Å²) in [5.41, 5.74) is 0. The number of aromatic nitrogens is 1. The molecule has 19 heavy (non-hydrogen) atoms. The molecule has 1 fully saturated rings. The second-order valence-electron chi connectivity index (χ2n) is 5.19. The number of hydrogen-bond donors (Lipinski definition) is 0. The van der Waals surface area contributed by atoms with Gasteiger partial charge in [0.1, 0.15) is 0 Å². The van der Waals surface area contributed by atoms with Gasteiger partial charge < -0.3 is 9.80 Å². The van der Waals surface area contributed by atoms with Crippen molar-refractivity contribution < 1.29 is 13.2 Å². The van der Waals surface area contributed by atoms with E-state index in [2.05, 4.69) is 16.9 Å². The minimum absolute atomic E-state index is 0.127. The lowest BCUT2D eigenvalue weighted by Crippen LogP contribution is -2.36. The van der Waals surface area contributed by atoms with Crippen LogP contribution in [0.4, 0.5) is 19.0 Å². The normalized spacial score (nSPS) is 17.7. The summed E-state index contributed by atoms with van der Waals surface area (Å²) in [6, 6.07) is 0.544. The first kappa shape index (κ1) is 14.1. The topological polar surface area (TPSA) is 19.4 Å². The van der Waals surface area contributed by atoms with Crippen LogP contribution in [0.2, 0.25) is 0 Å². The predicted octanol–water partition coefficient (Wildman–Crippen LogP) is 2.28. The Morgan fingerprint density at radius 2 is 1.89 bits per heavy atom. The average Bonchev–Trinajstić information content (AvgIpc) is 2.36. The van der Waals surface area contributed by atoms with E-state index in [1.165, 1.54) is 0 Å². The number of anilines is 1. The molecule has 3 nitrogen and oxygen atoms in total. The lowest BCUT2D eigenvalue weighted by molar-refractivity contribution is 0.222. The number of hydrogen-bond acceptors (Lipinski definition) is 3. The smallest absolute Gasteiger partial charge is 0.251 e. The van der Waals surface area contributed by atoms with Crippen LogP contribution in [-0.2, 0) is 0 Å². The van der Waals surface area contributed by atoms with Crippen molar-refractivity contribution in [3.63, 3.8) is 0 Å². The maximum Gasteiger partial charge on any atom is 0.251 e. The molecule has 6 heteroatoms. The Hall–Kier alpha value is -1.30. The largest absolute Gasteiger partial charge is 0.357 e. The number of halogens is 3. The standard InChI is InChI=1S/C13H18F3N3/c1-18-5-3-9(4-6-18)8-19(2)13-11(15)7-10(14)12(16)17-13/h7,9H,3-6,8H2,1-2H3. The number of nitrogens with zero attached hydrogens (tertiary/aromatic N) is 3. The number of piperidine rings is 1. The molecule has 0 atom stereocenters. The van der Waals surface area contributed by atoms with Gasteiger partial charge in [-0.25, -0.2) is 8.78 Å². The van der Waals surface area contributed by atoms with Gasteiger partial charge in [-0.05, 0) is 38.9 Å². The van der Waals surface area contributed by atoms with Crippen LogP contribution in [0.1, 0.15) is 12.8 Å². The fraction of sp³-hybridized carbons (Fsp3) is 0.615. The third-order valence-electron chi connectivity index (χ3n) is 3.60. The van der Waals surface area contributed by atoms with Crippen molar-refractivity contribution in [3.05, 3.63) is 23.6 Å². The molecule has 0 unspecified atom stereocenters. The molecular weight excluding hydrogens is 255 g/mol. The van der Waals surface area contributed by atoms with Gasteiger partial charge in [-0.15, -0.1) is 0 Å². The zero-order valence-corrected chi connectivity index (χ0v) is 11.2. The first-order chi connectivity index (χ1) is 8.97. The minimum atomic E-state index is -1.26. The van der Waals surface area contributed by atoms with E-state index in [1.807, 2.05) is 0 Å². The van der Waals surface area contributed by atoms with Crippen molar-refractivity contribution >= 4 is 5.82 Å². The second kappa shape index (κ2) is 5.77. The van der Waals surface area contributed by atoms with Crippen molar-refractivity contribution in [1.82, 2.24) is 9.88 Å². The third kappa shape index (κ3) is 3.37. The Kier molecular flexibility index (Phi) is 4.29. The number of likely N-dealkylation sites (tertiary alicyclic amines) is 1. The van der Waals surface area contributed by atoms with Gasteiger partial charge in [0.25, 0.3) is 5.95 Å². The van der Waals surface area contributed by atoms with Crippen molar-refractivity contribution in [2.45, 2.75) is 12.8 Å². The Bertz CT molecular complexity index is 445. The quantitative estimate of drug-likeness (QED) is 0.788. The second-order valence-corrected chi connectivity index (χ2v) is 5.19. The maximum absolute atomic E-state index is 13.6. The highest BCUT2D eigenvalue weighted by Gasteiger charge is 2.21. The molecule has 1 aliphatic rings. The molecular formula is C13H18F3N3. The van der Waals surface area contributed by atoms with Crippen LogP contribution in [0.25, 0.3) is 0 Å². The molecule has 0 radical (unpaired) electrons. The maximum atomic E-state index is 13.6. The molecule has 0 N–H and O–H groups in total. The molecule has 2 rings (SSSR count). The van der Waals surface area contributed by atoms with Crippen LogP contribution in [0.15, 0.2) is 6.07 Å². The predicted molar refractivity (Wildman–Crippen MR) is 67.6 cm³/mol. The van der Waals surface area contributed by atoms with Crippen LogP contribution in [0.5, 0.6) is 0 Å². The van der Waals surface area contributed by atoms with E-state index < -0.39 is 17.6 Å². The van der Waals surface area contributed by atoms with Crippen molar-refractivity contribution in [1.29, 1.82) is 0 Å². The van der Waals surface area contributed by atoms with Gasteiger partial charge in [0.05, 0.1) is 0 Å². The lowest BCUT2D eigenvalue weighted by atomic mass is 9.97. The summed E-state index contributed by atoms with van der Waals surface area (Å²) >= 11 is 0. The van der Waals surface area contributed by atoms with E-state index in [-0.39, 0.29) is 5.82 Å². The summed E-state index contributed by atoms with van der Waals surface area (Å²) in [6.07, 6.45) is 2.04. The highest BCUT2D eigenvalue weighted by atomic mass is 19.2.